The van der Waals surface area contributed by atoms with Crippen LogP contribution in [0.2, 0.25) is 0 Å². The second-order valence-corrected chi connectivity index (χ2v) is 6.10. The van der Waals surface area contributed by atoms with Crippen molar-refractivity contribution in [3.8, 4) is 0 Å². The van der Waals surface area contributed by atoms with Crippen LogP contribution in [-0.2, 0) is 7.05 Å². The summed E-state index contributed by atoms with van der Waals surface area (Å²) in [5.41, 5.74) is 2.90. The third-order valence-electron chi connectivity index (χ3n) is 4.54. The molecule has 1 N–H and O–H groups in total. The minimum absolute atomic E-state index is 0.0841. The molecule has 1 saturated heterocycles. The summed E-state index contributed by atoms with van der Waals surface area (Å²) < 4.78 is 1.84. The highest BCUT2D eigenvalue weighted by Gasteiger charge is 2.30. The molecule has 0 bridgehead atoms. The van der Waals surface area contributed by atoms with E-state index in [0.29, 0.717) is 11.3 Å². The van der Waals surface area contributed by atoms with E-state index in [2.05, 4.69) is 26.2 Å². The van der Waals surface area contributed by atoms with Gasteiger partial charge in [-0.15, -0.1) is 0 Å². The van der Waals surface area contributed by atoms with Crippen LogP contribution in [-0.4, -0.2) is 26.3 Å². The van der Waals surface area contributed by atoms with Crippen molar-refractivity contribution in [3.05, 3.63) is 52.1 Å². The fraction of sp³-hybridized carbons (Fsp3) is 0.353. The van der Waals surface area contributed by atoms with E-state index >= 15 is 0 Å². The number of anilines is 1. The lowest BCUT2D eigenvalue weighted by molar-refractivity contribution is 0.696. The van der Waals surface area contributed by atoms with E-state index in [1.807, 2.05) is 36.9 Å². The molecule has 6 heteroatoms. The van der Waals surface area contributed by atoms with Crippen LogP contribution in [0.15, 0.2) is 35.3 Å². The third-order valence-corrected chi connectivity index (χ3v) is 4.54. The SMILES string of the molecule is Cc1nn(C)cc1C1CCCN1c1nc2ccccc2c(=O)[nH]1. The molecule has 2 aromatic heterocycles. The van der Waals surface area contributed by atoms with Crippen molar-refractivity contribution in [2.75, 3.05) is 11.4 Å². The second-order valence-electron chi connectivity index (χ2n) is 6.10. The van der Waals surface area contributed by atoms with Gasteiger partial charge in [0.1, 0.15) is 0 Å². The van der Waals surface area contributed by atoms with Crippen molar-refractivity contribution >= 4 is 16.9 Å². The number of nitrogens with zero attached hydrogens (tertiary/aromatic N) is 4. The molecule has 1 aromatic carbocycles. The van der Waals surface area contributed by atoms with Crippen LogP contribution < -0.4 is 10.5 Å². The van der Waals surface area contributed by atoms with Gasteiger partial charge in [0.25, 0.3) is 5.56 Å². The monoisotopic (exact) mass is 309 g/mol. The van der Waals surface area contributed by atoms with Crippen molar-refractivity contribution in [1.29, 1.82) is 0 Å². The van der Waals surface area contributed by atoms with Crippen LogP contribution in [0.5, 0.6) is 0 Å². The molecule has 23 heavy (non-hydrogen) atoms. The number of aromatic nitrogens is 4. The van der Waals surface area contributed by atoms with Gasteiger partial charge in [-0.25, -0.2) is 4.98 Å². The van der Waals surface area contributed by atoms with Crippen molar-refractivity contribution in [2.45, 2.75) is 25.8 Å². The Hall–Kier alpha value is -2.63. The highest BCUT2D eigenvalue weighted by molar-refractivity contribution is 5.78. The Kier molecular flexibility index (Phi) is 3.18. The highest BCUT2D eigenvalue weighted by atomic mass is 16.1. The Bertz CT molecular complexity index is 926. The van der Waals surface area contributed by atoms with Gasteiger partial charge in [0.2, 0.25) is 5.95 Å². The van der Waals surface area contributed by atoms with E-state index in [1.165, 1.54) is 5.56 Å². The molecule has 3 heterocycles. The van der Waals surface area contributed by atoms with E-state index < -0.39 is 0 Å². The van der Waals surface area contributed by atoms with E-state index in [0.717, 1.165) is 30.6 Å². The van der Waals surface area contributed by atoms with Gasteiger partial charge in [0, 0.05) is 25.4 Å². The Morgan fingerprint density at radius 1 is 1.30 bits per heavy atom. The van der Waals surface area contributed by atoms with Gasteiger partial charge < -0.3 is 4.90 Å². The van der Waals surface area contributed by atoms with Gasteiger partial charge in [0.05, 0.1) is 22.6 Å². The average molecular weight is 309 g/mol. The van der Waals surface area contributed by atoms with E-state index in [4.69, 9.17) is 0 Å². The minimum Gasteiger partial charge on any atom is -0.335 e. The topological polar surface area (TPSA) is 66.8 Å². The van der Waals surface area contributed by atoms with Crippen LogP contribution >= 0.6 is 0 Å². The van der Waals surface area contributed by atoms with E-state index in [1.54, 1.807) is 6.07 Å². The first-order valence-corrected chi connectivity index (χ1v) is 7.89. The summed E-state index contributed by atoms with van der Waals surface area (Å²) in [5, 5.41) is 5.08. The normalized spacial score (nSPS) is 18.0. The third kappa shape index (κ3) is 2.30. The first-order chi connectivity index (χ1) is 11.1. The molecule has 1 fully saturated rings. The largest absolute Gasteiger partial charge is 0.335 e. The summed E-state index contributed by atoms with van der Waals surface area (Å²) >= 11 is 0. The molecule has 6 nitrogen and oxygen atoms in total. The molecule has 1 aliphatic heterocycles. The smallest absolute Gasteiger partial charge is 0.260 e. The predicted molar refractivity (Wildman–Crippen MR) is 89.6 cm³/mol. The molecule has 0 aliphatic carbocycles. The number of rotatable bonds is 2. The summed E-state index contributed by atoms with van der Waals surface area (Å²) in [6, 6.07) is 7.67. The molecule has 0 saturated carbocycles. The van der Waals surface area contributed by atoms with Gasteiger partial charge in [0.15, 0.2) is 0 Å². The molecular formula is C17H19N5O. The number of aryl methyl sites for hydroxylation is 2. The van der Waals surface area contributed by atoms with Gasteiger partial charge in [-0.05, 0) is 31.9 Å². The zero-order chi connectivity index (χ0) is 16.0. The quantitative estimate of drug-likeness (QED) is 0.789. The van der Waals surface area contributed by atoms with Crippen molar-refractivity contribution in [2.24, 2.45) is 7.05 Å². The highest BCUT2D eigenvalue weighted by Crippen LogP contribution is 2.35. The maximum absolute atomic E-state index is 12.3. The molecule has 1 unspecified atom stereocenters. The molecule has 1 atom stereocenters. The van der Waals surface area contributed by atoms with Gasteiger partial charge in [-0.3, -0.25) is 14.5 Å². The summed E-state index contributed by atoms with van der Waals surface area (Å²) in [5.74, 6) is 0.652. The van der Waals surface area contributed by atoms with Gasteiger partial charge >= 0.3 is 0 Å². The number of H-pyrrole nitrogens is 1. The number of hydrogen-bond acceptors (Lipinski definition) is 4. The average Bonchev–Trinajstić information content (AvgIpc) is 3.13. The lowest BCUT2D eigenvalue weighted by atomic mass is 10.1. The molecule has 0 radical (unpaired) electrons. The lowest BCUT2D eigenvalue weighted by Crippen LogP contribution is -2.27. The first kappa shape index (κ1) is 14.0. The van der Waals surface area contributed by atoms with E-state index in [9.17, 15) is 4.79 Å². The van der Waals surface area contributed by atoms with Crippen LogP contribution in [0.4, 0.5) is 5.95 Å². The second kappa shape index (κ2) is 5.22. The first-order valence-electron chi connectivity index (χ1n) is 7.89. The summed E-state index contributed by atoms with van der Waals surface area (Å²) in [7, 11) is 1.94. The number of para-hydroxylation sites is 1. The molecule has 1 aliphatic rings. The van der Waals surface area contributed by atoms with Crippen molar-refractivity contribution in [1.82, 2.24) is 19.7 Å². The zero-order valence-electron chi connectivity index (χ0n) is 13.3. The number of fused-ring (bicyclic) bond motifs is 1. The fourth-order valence-electron chi connectivity index (χ4n) is 3.50. The number of nitrogens with one attached hydrogen (secondary N) is 1. The molecule has 118 valence electrons. The fourth-order valence-corrected chi connectivity index (χ4v) is 3.50. The Labute approximate surface area is 133 Å². The molecule has 3 aromatic rings. The molecule has 0 spiro atoms. The van der Waals surface area contributed by atoms with Crippen LogP contribution in [0, 0.1) is 6.92 Å². The number of benzene rings is 1. The lowest BCUT2D eigenvalue weighted by Gasteiger charge is -2.25. The van der Waals surface area contributed by atoms with Crippen molar-refractivity contribution in [3.63, 3.8) is 0 Å². The summed E-state index contributed by atoms with van der Waals surface area (Å²) in [6.45, 7) is 2.92. The maximum atomic E-state index is 12.3. The van der Waals surface area contributed by atoms with Crippen LogP contribution in [0.25, 0.3) is 10.9 Å². The van der Waals surface area contributed by atoms with Gasteiger partial charge in [-0.2, -0.15) is 5.10 Å². The van der Waals surface area contributed by atoms with Crippen LogP contribution in [0.1, 0.15) is 30.1 Å². The molecular weight excluding hydrogens is 290 g/mol. The summed E-state index contributed by atoms with van der Waals surface area (Å²) in [4.78, 5) is 22.1. The summed E-state index contributed by atoms with van der Waals surface area (Å²) in [6.07, 6.45) is 4.19. The van der Waals surface area contributed by atoms with Gasteiger partial charge in [-0.1, -0.05) is 12.1 Å². The zero-order valence-corrected chi connectivity index (χ0v) is 13.3. The maximum Gasteiger partial charge on any atom is 0.260 e. The Balaban J connectivity index is 1.80. The number of aromatic amines is 1. The molecule has 4 rings (SSSR count). The van der Waals surface area contributed by atoms with E-state index in [-0.39, 0.29) is 11.6 Å². The Morgan fingerprint density at radius 3 is 2.91 bits per heavy atom. The van der Waals surface area contributed by atoms with Crippen LogP contribution in [0.3, 0.4) is 0 Å². The molecule has 0 amide bonds. The Morgan fingerprint density at radius 2 is 2.13 bits per heavy atom. The number of hydrogen-bond donors (Lipinski definition) is 1. The standard InChI is InChI=1S/C17H19N5O/c1-11-13(10-21(2)20-11)15-8-5-9-22(15)17-18-14-7-4-3-6-12(14)16(23)19-17/h3-4,6-7,10,15H,5,8-9H2,1-2H3,(H,18,19,23). The predicted octanol–water partition coefficient (Wildman–Crippen LogP) is 2.31. The van der Waals surface area contributed by atoms with Crippen molar-refractivity contribution < 1.29 is 0 Å². The minimum atomic E-state index is -0.0841.